The van der Waals surface area contributed by atoms with Crippen LogP contribution in [0.15, 0.2) is 36.4 Å². The van der Waals surface area contributed by atoms with Crippen LogP contribution < -0.4 is 10.6 Å². The van der Waals surface area contributed by atoms with E-state index in [0.29, 0.717) is 5.95 Å². The van der Waals surface area contributed by atoms with Crippen LogP contribution in [-0.2, 0) is 0 Å². The predicted octanol–water partition coefficient (Wildman–Crippen LogP) is 2.93. The van der Waals surface area contributed by atoms with Gasteiger partial charge >= 0.3 is 0 Å². The zero-order chi connectivity index (χ0) is 15.9. The van der Waals surface area contributed by atoms with Gasteiger partial charge < -0.3 is 15.5 Å². The molecule has 22 heavy (non-hydrogen) atoms. The average molecular weight is 299 g/mol. The number of hydrogen-bond acceptors (Lipinski definition) is 5. The van der Waals surface area contributed by atoms with Gasteiger partial charge in [-0.15, -0.1) is 0 Å². The summed E-state index contributed by atoms with van der Waals surface area (Å²) < 4.78 is 0. The number of rotatable bonds is 7. The highest BCUT2D eigenvalue weighted by atomic mass is 15.2. The SMILES string of the molecule is Cc1cc(NC(C)c2ccccc2)nc(NCCN(C)C)n1. The first-order valence-corrected chi connectivity index (χ1v) is 7.60. The van der Waals surface area contributed by atoms with Gasteiger partial charge in [0.25, 0.3) is 0 Å². The fourth-order valence-corrected chi connectivity index (χ4v) is 2.16. The van der Waals surface area contributed by atoms with E-state index in [-0.39, 0.29) is 6.04 Å². The lowest BCUT2D eigenvalue weighted by molar-refractivity contribution is 0.425. The highest BCUT2D eigenvalue weighted by molar-refractivity contribution is 5.44. The highest BCUT2D eigenvalue weighted by Crippen LogP contribution is 2.18. The van der Waals surface area contributed by atoms with E-state index >= 15 is 0 Å². The van der Waals surface area contributed by atoms with Gasteiger partial charge in [0.15, 0.2) is 0 Å². The van der Waals surface area contributed by atoms with Crippen molar-refractivity contribution in [3.63, 3.8) is 0 Å². The predicted molar refractivity (Wildman–Crippen MR) is 92.3 cm³/mol. The molecule has 0 aliphatic rings. The molecule has 5 heteroatoms. The zero-order valence-corrected chi connectivity index (χ0v) is 13.8. The minimum absolute atomic E-state index is 0.199. The van der Waals surface area contributed by atoms with Gasteiger partial charge in [-0.05, 0) is 33.5 Å². The molecule has 0 aliphatic heterocycles. The molecule has 1 heterocycles. The molecule has 118 valence electrons. The molecule has 0 fully saturated rings. The Balaban J connectivity index is 2.03. The van der Waals surface area contributed by atoms with Crippen molar-refractivity contribution in [3.05, 3.63) is 47.7 Å². The maximum Gasteiger partial charge on any atom is 0.224 e. The fraction of sp³-hybridized carbons (Fsp3) is 0.412. The van der Waals surface area contributed by atoms with Crippen LogP contribution in [0.4, 0.5) is 11.8 Å². The molecular weight excluding hydrogens is 274 g/mol. The van der Waals surface area contributed by atoms with Gasteiger partial charge in [0.1, 0.15) is 5.82 Å². The molecule has 2 aromatic rings. The van der Waals surface area contributed by atoms with Crippen LogP contribution in [0.1, 0.15) is 24.2 Å². The third-order valence-corrected chi connectivity index (χ3v) is 3.36. The van der Waals surface area contributed by atoms with E-state index in [1.54, 1.807) is 0 Å². The van der Waals surface area contributed by atoms with Gasteiger partial charge in [-0.1, -0.05) is 30.3 Å². The molecule has 1 aromatic carbocycles. The number of aromatic nitrogens is 2. The Kier molecular flexibility index (Phi) is 5.72. The first kappa shape index (κ1) is 16.2. The first-order valence-electron chi connectivity index (χ1n) is 7.60. The second kappa shape index (κ2) is 7.75. The molecule has 1 aromatic heterocycles. The molecule has 0 amide bonds. The number of anilines is 2. The Morgan fingerprint density at radius 1 is 1.14 bits per heavy atom. The second-order valence-corrected chi connectivity index (χ2v) is 5.72. The lowest BCUT2D eigenvalue weighted by Crippen LogP contribution is -2.21. The van der Waals surface area contributed by atoms with Crippen LogP contribution in [0, 0.1) is 6.92 Å². The summed E-state index contributed by atoms with van der Waals surface area (Å²) in [5.74, 6) is 1.51. The molecule has 0 saturated carbocycles. The van der Waals surface area contributed by atoms with Crippen LogP contribution in [0.2, 0.25) is 0 Å². The molecule has 0 aliphatic carbocycles. The number of likely N-dealkylation sites (N-methyl/N-ethyl adjacent to an activating group) is 1. The van der Waals surface area contributed by atoms with Gasteiger partial charge in [-0.3, -0.25) is 0 Å². The maximum atomic E-state index is 4.54. The third kappa shape index (κ3) is 5.00. The summed E-state index contributed by atoms with van der Waals surface area (Å²) in [6, 6.07) is 12.5. The zero-order valence-electron chi connectivity index (χ0n) is 13.8. The molecule has 0 bridgehead atoms. The number of benzene rings is 1. The van der Waals surface area contributed by atoms with Crippen LogP contribution in [0.5, 0.6) is 0 Å². The molecule has 0 spiro atoms. The van der Waals surface area contributed by atoms with E-state index in [1.165, 1.54) is 5.56 Å². The standard InChI is InChI=1S/C17H25N5/c1-13-12-16(20-14(2)15-8-6-5-7-9-15)21-17(19-13)18-10-11-22(3)4/h5-9,12,14H,10-11H2,1-4H3,(H2,18,19,20,21). The summed E-state index contributed by atoms with van der Waals surface area (Å²) in [6.07, 6.45) is 0. The molecule has 0 saturated heterocycles. The van der Waals surface area contributed by atoms with Crippen LogP contribution >= 0.6 is 0 Å². The largest absolute Gasteiger partial charge is 0.363 e. The quantitative estimate of drug-likeness (QED) is 0.823. The third-order valence-electron chi connectivity index (χ3n) is 3.36. The number of aryl methyl sites for hydroxylation is 1. The van der Waals surface area contributed by atoms with Crippen molar-refractivity contribution in [2.75, 3.05) is 37.8 Å². The van der Waals surface area contributed by atoms with Crippen molar-refractivity contribution in [2.45, 2.75) is 19.9 Å². The van der Waals surface area contributed by atoms with Crippen LogP contribution in [-0.4, -0.2) is 42.1 Å². The Bertz CT molecular complexity index is 583. The summed E-state index contributed by atoms with van der Waals surface area (Å²) in [5.41, 5.74) is 2.19. The van der Waals surface area contributed by atoms with Crippen LogP contribution in [0.25, 0.3) is 0 Å². The lowest BCUT2D eigenvalue weighted by atomic mass is 10.1. The average Bonchev–Trinajstić information content (AvgIpc) is 2.47. The van der Waals surface area contributed by atoms with Crippen molar-refractivity contribution in [1.82, 2.24) is 14.9 Å². The van der Waals surface area contributed by atoms with E-state index in [0.717, 1.165) is 24.6 Å². The Hall–Kier alpha value is -2.14. The van der Waals surface area contributed by atoms with E-state index in [4.69, 9.17) is 0 Å². The summed E-state index contributed by atoms with van der Waals surface area (Å²) in [6.45, 7) is 5.88. The molecule has 5 nitrogen and oxygen atoms in total. The molecular formula is C17H25N5. The molecule has 0 radical (unpaired) electrons. The van der Waals surface area contributed by atoms with Gasteiger partial charge in [0, 0.05) is 30.9 Å². The maximum absolute atomic E-state index is 4.54. The number of nitrogens with zero attached hydrogens (tertiary/aromatic N) is 3. The lowest BCUT2D eigenvalue weighted by Gasteiger charge is -2.16. The van der Waals surface area contributed by atoms with E-state index in [2.05, 4.69) is 44.6 Å². The van der Waals surface area contributed by atoms with E-state index in [9.17, 15) is 0 Å². The van der Waals surface area contributed by atoms with Gasteiger partial charge in [0.05, 0.1) is 0 Å². The van der Waals surface area contributed by atoms with Crippen molar-refractivity contribution in [2.24, 2.45) is 0 Å². The normalized spacial score (nSPS) is 12.2. The van der Waals surface area contributed by atoms with E-state index in [1.807, 2.05) is 45.3 Å². The smallest absolute Gasteiger partial charge is 0.224 e. The van der Waals surface area contributed by atoms with Gasteiger partial charge in [-0.2, -0.15) is 4.98 Å². The van der Waals surface area contributed by atoms with Crippen LogP contribution in [0.3, 0.4) is 0 Å². The monoisotopic (exact) mass is 299 g/mol. The molecule has 2 rings (SSSR count). The Morgan fingerprint density at radius 3 is 2.55 bits per heavy atom. The topological polar surface area (TPSA) is 53.1 Å². The Labute approximate surface area is 132 Å². The second-order valence-electron chi connectivity index (χ2n) is 5.72. The molecule has 2 N–H and O–H groups in total. The summed E-state index contributed by atoms with van der Waals surface area (Å²) in [5, 5.41) is 6.70. The molecule has 1 atom stereocenters. The number of nitrogens with one attached hydrogen (secondary N) is 2. The van der Waals surface area contributed by atoms with E-state index < -0.39 is 0 Å². The highest BCUT2D eigenvalue weighted by Gasteiger charge is 2.07. The van der Waals surface area contributed by atoms with Crippen molar-refractivity contribution in [1.29, 1.82) is 0 Å². The minimum Gasteiger partial charge on any atom is -0.363 e. The first-order chi connectivity index (χ1) is 10.5. The molecule has 1 unspecified atom stereocenters. The minimum atomic E-state index is 0.199. The Morgan fingerprint density at radius 2 is 1.86 bits per heavy atom. The van der Waals surface area contributed by atoms with Crippen molar-refractivity contribution >= 4 is 11.8 Å². The van der Waals surface area contributed by atoms with Gasteiger partial charge in [-0.25, -0.2) is 4.98 Å². The van der Waals surface area contributed by atoms with Crippen molar-refractivity contribution in [3.8, 4) is 0 Å². The van der Waals surface area contributed by atoms with Gasteiger partial charge in [0.2, 0.25) is 5.95 Å². The summed E-state index contributed by atoms with van der Waals surface area (Å²) in [4.78, 5) is 11.1. The number of hydrogen-bond donors (Lipinski definition) is 2. The van der Waals surface area contributed by atoms with Crippen molar-refractivity contribution < 1.29 is 0 Å². The summed E-state index contributed by atoms with van der Waals surface area (Å²) in [7, 11) is 4.10. The fourth-order valence-electron chi connectivity index (χ4n) is 2.16. The summed E-state index contributed by atoms with van der Waals surface area (Å²) >= 11 is 0.